The quantitative estimate of drug-likeness (QED) is 0.285. The van der Waals surface area contributed by atoms with Crippen molar-refractivity contribution in [1.82, 2.24) is 0 Å². The van der Waals surface area contributed by atoms with Crippen LogP contribution in [0.4, 0.5) is 0 Å². The van der Waals surface area contributed by atoms with Crippen molar-refractivity contribution in [2.75, 3.05) is 47.6 Å². The lowest BCUT2D eigenvalue weighted by Crippen LogP contribution is -3.13. The Balaban J connectivity index is 0.000000678. The summed E-state index contributed by atoms with van der Waals surface area (Å²) in [6.07, 6.45) is 3.33. The fourth-order valence-electron chi connectivity index (χ4n) is 4.16. The van der Waals surface area contributed by atoms with E-state index in [9.17, 15) is 4.79 Å². The van der Waals surface area contributed by atoms with Crippen LogP contribution in [-0.4, -0.2) is 70.6 Å². The molecule has 1 aliphatic heterocycles. The smallest absolute Gasteiger partial charge is 0.351 e. The number of hydrogen-bond donors (Lipinski definition) is 2. The third-order valence-electron chi connectivity index (χ3n) is 5.87. The highest BCUT2D eigenvalue weighted by Crippen LogP contribution is 2.38. The van der Waals surface area contributed by atoms with Gasteiger partial charge in [0.15, 0.2) is 17.5 Å². The summed E-state index contributed by atoms with van der Waals surface area (Å²) in [4.78, 5) is 32.1. The van der Waals surface area contributed by atoms with Gasteiger partial charge in [-0.05, 0) is 30.5 Å². The molecule has 196 valence electrons. The van der Waals surface area contributed by atoms with Gasteiger partial charge in [-0.1, -0.05) is 30.3 Å². The first kappa shape index (κ1) is 28.4. The van der Waals surface area contributed by atoms with Gasteiger partial charge in [0.05, 0.1) is 53.1 Å². The van der Waals surface area contributed by atoms with Crippen LogP contribution >= 0.6 is 0 Å². The summed E-state index contributed by atoms with van der Waals surface area (Å²) in [5.74, 6) is -2.44. The molecule has 0 bridgehead atoms. The average Bonchev–Trinajstić information content (AvgIpc) is 2.91. The summed E-state index contributed by atoms with van der Waals surface area (Å²) >= 11 is 0. The maximum Gasteiger partial charge on any atom is 0.351 e. The number of piperidine rings is 1. The Morgan fingerprint density at radius 1 is 1.03 bits per heavy atom. The van der Waals surface area contributed by atoms with E-state index in [2.05, 4.69) is 30.3 Å². The summed E-state index contributed by atoms with van der Waals surface area (Å²) in [5.41, 5.74) is 1.82. The number of carboxylic acid groups (broad SMARTS) is 2. The summed E-state index contributed by atoms with van der Waals surface area (Å²) in [6.45, 7) is 3.73. The van der Waals surface area contributed by atoms with E-state index in [1.807, 2.05) is 0 Å². The normalized spacial score (nSPS) is 16.6. The molecule has 0 aliphatic carbocycles. The van der Waals surface area contributed by atoms with E-state index in [1.165, 1.54) is 46.3 Å². The van der Waals surface area contributed by atoms with E-state index in [-0.39, 0.29) is 5.97 Å². The molecule has 0 aromatic heterocycles. The summed E-state index contributed by atoms with van der Waals surface area (Å²) in [7, 11) is 4.58. The number of ether oxygens (including phenoxy) is 4. The zero-order valence-corrected chi connectivity index (χ0v) is 20.8. The number of carboxylic acids is 2. The van der Waals surface area contributed by atoms with Crippen LogP contribution in [0.25, 0.3) is 0 Å². The molecule has 2 aromatic rings. The standard InChI is InChI=1S/C24H31NO5.C2H2O4/c1-27-21-15-20(16-22(28-2)23(21)29-3)24(26)30-14-8-13-25-12-7-11-19(17-25)18-9-5-4-6-10-18;3-1(4)2(5)6/h4-6,9-10,15-16,19H,7-8,11-14,17H2,1-3H3;(H,3,4)(H,5,6). The van der Waals surface area contributed by atoms with Crippen molar-refractivity contribution in [3.8, 4) is 17.2 Å². The lowest BCUT2D eigenvalue weighted by Gasteiger charge is -2.30. The molecule has 10 heteroatoms. The number of nitrogens with one attached hydrogen (secondary N) is 1. The van der Waals surface area contributed by atoms with Gasteiger partial charge in [0.25, 0.3) is 0 Å². The molecule has 1 heterocycles. The maximum absolute atomic E-state index is 12.5. The molecule has 1 fully saturated rings. The molecule has 2 N–H and O–H groups in total. The van der Waals surface area contributed by atoms with Gasteiger partial charge in [0, 0.05) is 12.3 Å². The Hall–Kier alpha value is -3.79. The minimum absolute atomic E-state index is 0.384. The van der Waals surface area contributed by atoms with Crippen LogP contribution in [0, 0.1) is 0 Å². The first-order valence-corrected chi connectivity index (χ1v) is 11.6. The highest BCUT2D eigenvalue weighted by molar-refractivity contribution is 6.26. The van der Waals surface area contributed by atoms with Crippen molar-refractivity contribution < 1.29 is 48.4 Å². The van der Waals surface area contributed by atoms with Crippen molar-refractivity contribution in [3.63, 3.8) is 0 Å². The summed E-state index contributed by atoms with van der Waals surface area (Å²) in [6, 6.07) is 14.0. The summed E-state index contributed by atoms with van der Waals surface area (Å²) < 4.78 is 21.4. The minimum Gasteiger partial charge on any atom is -0.539 e. The van der Waals surface area contributed by atoms with Gasteiger partial charge < -0.3 is 38.9 Å². The van der Waals surface area contributed by atoms with Gasteiger partial charge in [-0.3, -0.25) is 0 Å². The molecule has 0 amide bonds. The fraction of sp³-hybridized carbons (Fsp3) is 0.423. The van der Waals surface area contributed by atoms with Gasteiger partial charge in [-0.2, -0.15) is 0 Å². The number of carbonyl (C=O) groups is 3. The Bertz CT molecular complexity index is 973. The predicted octanol–water partition coefficient (Wildman–Crippen LogP) is 0.543. The molecule has 3 rings (SSSR count). The second-order valence-corrected chi connectivity index (χ2v) is 8.20. The van der Waals surface area contributed by atoms with E-state index in [0.29, 0.717) is 35.3 Å². The lowest BCUT2D eigenvalue weighted by molar-refractivity contribution is -0.906. The van der Waals surface area contributed by atoms with E-state index in [4.69, 9.17) is 38.7 Å². The monoisotopic (exact) mass is 503 g/mol. The molecule has 2 aromatic carbocycles. The fourth-order valence-corrected chi connectivity index (χ4v) is 4.16. The average molecular weight is 504 g/mol. The SMILES string of the molecule is COc1cc(C(=O)OCCC[NH+]2CCCC(c3ccccc3)C2)cc(OC)c1OC.O=C([O-])C(=O)O. The molecule has 0 saturated carbocycles. The van der Waals surface area contributed by atoms with E-state index >= 15 is 0 Å². The molecule has 0 radical (unpaired) electrons. The van der Waals surface area contributed by atoms with Gasteiger partial charge in [-0.25, -0.2) is 9.59 Å². The Morgan fingerprint density at radius 2 is 1.64 bits per heavy atom. The first-order chi connectivity index (χ1) is 17.3. The van der Waals surface area contributed by atoms with E-state index in [0.717, 1.165) is 19.5 Å². The number of methoxy groups -OCH3 is 3. The molecule has 1 aliphatic rings. The van der Waals surface area contributed by atoms with Crippen LogP contribution in [0.15, 0.2) is 42.5 Å². The van der Waals surface area contributed by atoms with Gasteiger partial charge in [-0.15, -0.1) is 0 Å². The lowest BCUT2D eigenvalue weighted by atomic mass is 9.90. The molecule has 36 heavy (non-hydrogen) atoms. The minimum atomic E-state index is -2.07. The Kier molecular flexibility index (Phi) is 11.5. The van der Waals surface area contributed by atoms with Crippen molar-refractivity contribution in [2.45, 2.75) is 25.2 Å². The number of rotatable bonds is 9. The van der Waals surface area contributed by atoms with Crippen molar-refractivity contribution in [2.24, 2.45) is 0 Å². The van der Waals surface area contributed by atoms with Crippen LogP contribution in [0.1, 0.15) is 41.1 Å². The van der Waals surface area contributed by atoms with Crippen LogP contribution in [0.3, 0.4) is 0 Å². The molecule has 2 atom stereocenters. The number of quaternary nitrogens is 1. The predicted molar refractivity (Wildman–Crippen MR) is 128 cm³/mol. The molecule has 2 unspecified atom stereocenters. The number of hydrogen-bond acceptors (Lipinski definition) is 8. The largest absolute Gasteiger partial charge is 0.539 e. The topological polar surface area (TPSA) is 136 Å². The van der Waals surface area contributed by atoms with Crippen LogP contribution in [0.5, 0.6) is 17.2 Å². The van der Waals surface area contributed by atoms with Gasteiger partial charge in [0.2, 0.25) is 5.75 Å². The van der Waals surface area contributed by atoms with E-state index < -0.39 is 11.9 Å². The molecule has 0 spiro atoms. The van der Waals surface area contributed by atoms with Crippen molar-refractivity contribution in [3.05, 3.63) is 53.6 Å². The molecule has 10 nitrogen and oxygen atoms in total. The zero-order valence-electron chi connectivity index (χ0n) is 20.8. The second-order valence-electron chi connectivity index (χ2n) is 8.20. The van der Waals surface area contributed by atoms with E-state index in [1.54, 1.807) is 17.0 Å². The molecule has 1 saturated heterocycles. The van der Waals surface area contributed by atoms with Crippen LogP contribution in [0.2, 0.25) is 0 Å². The zero-order chi connectivity index (χ0) is 26.5. The number of esters is 1. The second kappa shape index (κ2) is 14.6. The van der Waals surface area contributed by atoms with Crippen LogP contribution in [-0.2, 0) is 14.3 Å². The van der Waals surface area contributed by atoms with Gasteiger partial charge >= 0.3 is 11.9 Å². The Labute approximate surface area is 210 Å². The van der Waals surface area contributed by atoms with Crippen LogP contribution < -0.4 is 24.2 Å². The highest BCUT2D eigenvalue weighted by atomic mass is 16.5. The maximum atomic E-state index is 12.5. The van der Waals surface area contributed by atoms with Crippen molar-refractivity contribution >= 4 is 17.9 Å². The Morgan fingerprint density at radius 3 is 2.17 bits per heavy atom. The number of carbonyl (C=O) groups excluding carboxylic acids is 2. The third-order valence-corrected chi connectivity index (χ3v) is 5.87. The number of likely N-dealkylation sites (tertiary alicyclic amines) is 1. The van der Waals surface area contributed by atoms with Gasteiger partial charge in [0.1, 0.15) is 0 Å². The molecular formula is C26H33NO9. The molecular weight excluding hydrogens is 470 g/mol. The highest BCUT2D eigenvalue weighted by Gasteiger charge is 2.24. The first-order valence-electron chi connectivity index (χ1n) is 11.6. The number of aliphatic carboxylic acids is 2. The summed E-state index contributed by atoms with van der Waals surface area (Å²) in [5, 5.41) is 16.3. The number of benzene rings is 2. The third kappa shape index (κ3) is 8.46. The van der Waals surface area contributed by atoms with Crippen molar-refractivity contribution in [1.29, 1.82) is 0 Å².